The molecule has 4 nitrogen and oxygen atoms in total. The lowest BCUT2D eigenvalue weighted by Gasteiger charge is -2.11. The van der Waals surface area contributed by atoms with Gasteiger partial charge in [-0.15, -0.1) is 0 Å². The third kappa shape index (κ3) is 3.20. The van der Waals surface area contributed by atoms with Gasteiger partial charge >= 0.3 is 0 Å². The molecule has 0 amide bonds. The first-order valence-electron chi connectivity index (χ1n) is 9.12. The van der Waals surface area contributed by atoms with Crippen LogP contribution in [0.3, 0.4) is 0 Å². The van der Waals surface area contributed by atoms with Gasteiger partial charge in [0, 0.05) is 10.9 Å². The van der Waals surface area contributed by atoms with Crippen LogP contribution in [0, 0.1) is 0 Å². The summed E-state index contributed by atoms with van der Waals surface area (Å²) < 4.78 is 2.01. The van der Waals surface area contributed by atoms with E-state index in [1.54, 1.807) is 23.9 Å². The van der Waals surface area contributed by atoms with Crippen molar-refractivity contribution in [2.45, 2.75) is 6.42 Å². The molecule has 29 heavy (non-hydrogen) atoms. The van der Waals surface area contributed by atoms with Crippen LogP contribution < -0.4 is 5.73 Å². The van der Waals surface area contributed by atoms with Crippen LogP contribution in [0.2, 0.25) is 10.0 Å². The number of hydrogen-bond donors (Lipinski definition) is 1. The zero-order valence-electron chi connectivity index (χ0n) is 15.3. The van der Waals surface area contributed by atoms with E-state index in [4.69, 9.17) is 28.9 Å². The lowest BCUT2D eigenvalue weighted by molar-refractivity contribution is 0.966. The molecule has 0 unspecified atom stereocenters. The largest absolute Gasteiger partial charge is 0.330 e. The monoisotopic (exact) mass is 438 g/mol. The van der Waals surface area contributed by atoms with Crippen molar-refractivity contribution >= 4 is 56.5 Å². The molecule has 144 valence electrons. The SMILES string of the molecule is NCCc1ccc(-n2cnc3cnc4cc(Cl)c(-c5ccsc5)cc4c32)c(Cl)c1. The first-order valence-corrected chi connectivity index (χ1v) is 10.8. The Morgan fingerprint density at radius 2 is 1.90 bits per heavy atom. The van der Waals surface area contributed by atoms with Crippen LogP contribution in [-0.4, -0.2) is 21.1 Å². The van der Waals surface area contributed by atoms with E-state index in [1.807, 2.05) is 28.1 Å². The second kappa shape index (κ2) is 7.43. The third-order valence-electron chi connectivity index (χ3n) is 5.00. The molecule has 0 aliphatic heterocycles. The molecule has 5 aromatic rings. The van der Waals surface area contributed by atoms with Gasteiger partial charge in [-0.3, -0.25) is 9.55 Å². The Morgan fingerprint density at radius 1 is 1.00 bits per heavy atom. The summed E-state index contributed by atoms with van der Waals surface area (Å²) in [4.78, 5) is 9.11. The number of hydrogen-bond acceptors (Lipinski definition) is 4. The summed E-state index contributed by atoms with van der Waals surface area (Å²) in [6, 6.07) is 12.1. The third-order valence-corrected chi connectivity index (χ3v) is 6.30. The smallest absolute Gasteiger partial charge is 0.108 e. The quantitative estimate of drug-likeness (QED) is 0.368. The Labute approximate surface area is 181 Å². The number of nitrogens with zero attached hydrogens (tertiary/aromatic N) is 3. The van der Waals surface area contributed by atoms with Crippen LogP contribution in [0.5, 0.6) is 0 Å². The molecule has 0 radical (unpaired) electrons. The van der Waals surface area contributed by atoms with Crippen molar-refractivity contribution in [1.82, 2.24) is 14.5 Å². The molecule has 0 bridgehead atoms. The summed E-state index contributed by atoms with van der Waals surface area (Å²) in [5, 5.41) is 6.45. The first-order chi connectivity index (χ1) is 14.2. The number of aromatic nitrogens is 3. The zero-order valence-corrected chi connectivity index (χ0v) is 17.6. The van der Waals surface area contributed by atoms with Crippen molar-refractivity contribution in [2.24, 2.45) is 5.73 Å². The maximum absolute atomic E-state index is 6.62. The number of pyridine rings is 1. The minimum atomic E-state index is 0.589. The normalized spacial score (nSPS) is 11.6. The number of imidazole rings is 1. The Hall–Kier alpha value is -2.44. The fraction of sp³-hybridized carbons (Fsp3) is 0.0909. The highest BCUT2D eigenvalue weighted by Crippen LogP contribution is 2.36. The van der Waals surface area contributed by atoms with Crippen molar-refractivity contribution in [1.29, 1.82) is 0 Å². The number of benzene rings is 2. The van der Waals surface area contributed by atoms with Gasteiger partial charge < -0.3 is 5.73 Å². The predicted molar refractivity (Wildman–Crippen MR) is 122 cm³/mol. The summed E-state index contributed by atoms with van der Waals surface area (Å²) in [7, 11) is 0. The molecule has 0 spiro atoms. The highest BCUT2D eigenvalue weighted by atomic mass is 35.5. The standard InChI is InChI=1S/C22H16Cl2N4S/c23-17-9-19-16(8-15(17)14-4-6-29-11-14)22-20(10-26-19)27-12-28(22)21-2-1-13(3-5-25)7-18(21)24/h1-2,4,6-12H,3,5,25H2. The second-order valence-corrected chi connectivity index (χ2v) is 8.39. The van der Waals surface area contributed by atoms with Gasteiger partial charge in [0.25, 0.3) is 0 Å². The maximum atomic E-state index is 6.62. The molecule has 0 atom stereocenters. The Morgan fingerprint density at radius 3 is 2.66 bits per heavy atom. The molecular weight excluding hydrogens is 423 g/mol. The molecule has 0 saturated carbocycles. The van der Waals surface area contributed by atoms with Gasteiger partial charge in [-0.25, -0.2) is 4.98 Å². The van der Waals surface area contributed by atoms with Gasteiger partial charge in [0.15, 0.2) is 0 Å². The van der Waals surface area contributed by atoms with E-state index in [9.17, 15) is 0 Å². The fourth-order valence-electron chi connectivity index (χ4n) is 3.60. The molecule has 0 saturated heterocycles. The Balaban J connectivity index is 1.77. The average molecular weight is 439 g/mol. The van der Waals surface area contributed by atoms with E-state index in [2.05, 4.69) is 33.5 Å². The fourth-order valence-corrected chi connectivity index (χ4v) is 4.82. The zero-order chi connectivity index (χ0) is 20.0. The van der Waals surface area contributed by atoms with E-state index in [0.29, 0.717) is 16.6 Å². The highest BCUT2D eigenvalue weighted by molar-refractivity contribution is 7.08. The second-order valence-electron chi connectivity index (χ2n) is 6.79. The highest BCUT2D eigenvalue weighted by Gasteiger charge is 2.15. The molecule has 2 aromatic carbocycles. The summed E-state index contributed by atoms with van der Waals surface area (Å²) in [5.41, 5.74) is 12.3. The van der Waals surface area contributed by atoms with Crippen LogP contribution in [0.25, 0.3) is 38.8 Å². The molecule has 3 heterocycles. The van der Waals surface area contributed by atoms with E-state index >= 15 is 0 Å². The Kier molecular flexibility index (Phi) is 4.76. The van der Waals surface area contributed by atoms with Gasteiger partial charge in [0.1, 0.15) is 11.8 Å². The number of thiophene rings is 1. The van der Waals surface area contributed by atoms with Crippen LogP contribution >= 0.6 is 34.5 Å². The maximum Gasteiger partial charge on any atom is 0.108 e. The van der Waals surface area contributed by atoms with Gasteiger partial charge in [0.05, 0.1) is 33.0 Å². The molecule has 0 aliphatic carbocycles. The summed E-state index contributed by atoms with van der Waals surface area (Å²) >= 11 is 14.8. The molecule has 3 aromatic heterocycles. The van der Waals surface area contributed by atoms with Crippen molar-refractivity contribution < 1.29 is 0 Å². The molecule has 5 rings (SSSR count). The molecule has 0 fully saturated rings. The number of rotatable bonds is 4. The lowest BCUT2D eigenvalue weighted by atomic mass is 10.0. The van der Waals surface area contributed by atoms with E-state index < -0.39 is 0 Å². The van der Waals surface area contributed by atoms with E-state index in [0.717, 1.165) is 50.7 Å². The van der Waals surface area contributed by atoms with Crippen molar-refractivity contribution in [3.05, 3.63) is 75.3 Å². The van der Waals surface area contributed by atoms with Gasteiger partial charge in [0.2, 0.25) is 0 Å². The lowest BCUT2D eigenvalue weighted by Crippen LogP contribution is -2.03. The van der Waals surface area contributed by atoms with Crippen LogP contribution in [0.1, 0.15) is 5.56 Å². The van der Waals surface area contributed by atoms with Crippen LogP contribution in [0.4, 0.5) is 0 Å². The number of fused-ring (bicyclic) bond motifs is 3. The van der Waals surface area contributed by atoms with Gasteiger partial charge in [-0.1, -0.05) is 29.3 Å². The molecule has 2 N–H and O–H groups in total. The van der Waals surface area contributed by atoms with E-state index in [1.165, 1.54) is 0 Å². The minimum Gasteiger partial charge on any atom is -0.330 e. The van der Waals surface area contributed by atoms with Crippen LogP contribution in [0.15, 0.2) is 59.7 Å². The van der Waals surface area contributed by atoms with Gasteiger partial charge in [-0.2, -0.15) is 11.3 Å². The average Bonchev–Trinajstić information content (AvgIpc) is 3.38. The van der Waals surface area contributed by atoms with Crippen molar-refractivity contribution in [3.8, 4) is 16.8 Å². The summed E-state index contributed by atoms with van der Waals surface area (Å²) in [6.07, 6.45) is 4.35. The summed E-state index contributed by atoms with van der Waals surface area (Å²) in [5.74, 6) is 0. The van der Waals surface area contributed by atoms with Gasteiger partial charge in [-0.05, 0) is 65.2 Å². The van der Waals surface area contributed by atoms with E-state index in [-0.39, 0.29) is 0 Å². The topological polar surface area (TPSA) is 56.7 Å². The van der Waals surface area contributed by atoms with Crippen molar-refractivity contribution in [3.63, 3.8) is 0 Å². The summed E-state index contributed by atoms with van der Waals surface area (Å²) in [6.45, 7) is 0.589. The molecule has 7 heteroatoms. The number of nitrogens with two attached hydrogens (primary N) is 1. The first kappa shape index (κ1) is 18.6. The van der Waals surface area contributed by atoms with Crippen molar-refractivity contribution in [2.75, 3.05) is 6.54 Å². The predicted octanol–water partition coefficient (Wildman–Crippen LogP) is 6.11. The number of halogens is 2. The molecular formula is C22H16Cl2N4S. The Bertz CT molecular complexity index is 1340. The molecule has 0 aliphatic rings. The minimum absolute atomic E-state index is 0.589. The van der Waals surface area contributed by atoms with Crippen LogP contribution in [-0.2, 0) is 6.42 Å².